The van der Waals surface area contributed by atoms with Gasteiger partial charge in [0.15, 0.2) is 0 Å². The fourth-order valence-electron chi connectivity index (χ4n) is 0.519. The lowest BCUT2D eigenvalue weighted by atomic mass is 10.4. The van der Waals surface area contributed by atoms with Gasteiger partial charge in [-0.3, -0.25) is 0 Å². The lowest BCUT2D eigenvalue weighted by Crippen LogP contribution is -1.92. The summed E-state index contributed by atoms with van der Waals surface area (Å²) in [6.45, 7) is 0. The van der Waals surface area contributed by atoms with Crippen molar-refractivity contribution >= 4 is 5.97 Å². The topological polar surface area (TPSA) is 37.3 Å². The monoisotopic (exact) mass is 146 g/mol. The Kier molecular flexibility index (Phi) is 1.36. The molecular weight excluding hydrogens is 142 g/mol. The Labute approximate surface area is 55.8 Å². The summed E-state index contributed by atoms with van der Waals surface area (Å²) < 4.78 is 23.9. The largest absolute Gasteiger partial charge is 0.472 e. The zero-order chi connectivity index (χ0) is 7.78. The third-order valence-corrected chi connectivity index (χ3v) is 1.18. The van der Waals surface area contributed by atoms with Gasteiger partial charge >= 0.3 is 5.97 Å². The van der Waals surface area contributed by atoms with Crippen LogP contribution in [0.4, 0.5) is 8.78 Å². The lowest BCUT2D eigenvalue weighted by molar-refractivity contribution is -0.130. The molecule has 1 rings (SSSR count). The standard InChI is InChI=1S/C6H4F2O2/c7-6(8)3-4(6)1-2-5(9)10/h4H,3H2,(H,9,10). The fraction of sp³-hybridized carbons (Fsp3) is 0.500. The molecule has 1 aliphatic rings. The van der Waals surface area contributed by atoms with Crippen molar-refractivity contribution in [2.24, 2.45) is 5.92 Å². The summed E-state index contributed by atoms with van der Waals surface area (Å²) in [6, 6.07) is 0. The van der Waals surface area contributed by atoms with Gasteiger partial charge in [-0.1, -0.05) is 5.92 Å². The van der Waals surface area contributed by atoms with E-state index in [0.29, 0.717) is 0 Å². The highest BCUT2D eigenvalue weighted by Gasteiger charge is 2.56. The van der Waals surface area contributed by atoms with E-state index in [-0.39, 0.29) is 6.42 Å². The summed E-state index contributed by atoms with van der Waals surface area (Å²) in [7, 11) is 0. The molecule has 54 valence electrons. The number of carboxylic acids is 1. The number of aliphatic carboxylic acids is 1. The number of hydrogen-bond acceptors (Lipinski definition) is 1. The van der Waals surface area contributed by atoms with Crippen LogP contribution in [0.5, 0.6) is 0 Å². The molecule has 4 heteroatoms. The van der Waals surface area contributed by atoms with Gasteiger partial charge in [0, 0.05) is 12.3 Å². The minimum absolute atomic E-state index is 0.298. The predicted octanol–water partition coefficient (Wildman–Crippen LogP) is 0.730. The maximum absolute atomic E-state index is 12.0. The van der Waals surface area contributed by atoms with Crippen LogP contribution in [-0.2, 0) is 4.79 Å². The Hall–Kier alpha value is -1.11. The molecule has 1 aliphatic carbocycles. The molecule has 0 aromatic rings. The normalized spacial score (nSPS) is 26.4. The van der Waals surface area contributed by atoms with Gasteiger partial charge in [-0.05, 0) is 0 Å². The molecule has 1 saturated carbocycles. The van der Waals surface area contributed by atoms with E-state index >= 15 is 0 Å². The summed E-state index contributed by atoms with van der Waals surface area (Å²) in [5.41, 5.74) is 0. The van der Waals surface area contributed by atoms with Crippen molar-refractivity contribution < 1.29 is 18.7 Å². The van der Waals surface area contributed by atoms with Crippen LogP contribution < -0.4 is 0 Å². The van der Waals surface area contributed by atoms with Crippen molar-refractivity contribution in [2.45, 2.75) is 12.3 Å². The van der Waals surface area contributed by atoms with E-state index in [1.54, 1.807) is 5.92 Å². The molecule has 0 aromatic heterocycles. The van der Waals surface area contributed by atoms with E-state index in [4.69, 9.17) is 5.11 Å². The Balaban J connectivity index is 2.46. The van der Waals surface area contributed by atoms with E-state index in [0.717, 1.165) is 0 Å². The van der Waals surface area contributed by atoms with Crippen LogP contribution in [0.1, 0.15) is 6.42 Å². The highest BCUT2D eigenvalue weighted by atomic mass is 19.3. The molecule has 0 aromatic carbocycles. The second-order valence-electron chi connectivity index (χ2n) is 2.09. The average molecular weight is 146 g/mol. The number of hydrogen-bond donors (Lipinski definition) is 1. The molecule has 1 atom stereocenters. The molecule has 1 unspecified atom stereocenters. The van der Waals surface area contributed by atoms with E-state index in [1.165, 1.54) is 0 Å². The lowest BCUT2D eigenvalue weighted by Gasteiger charge is -1.83. The molecule has 0 saturated heterocycles. The minimum Gasteiger partial charge on any atom is -0.472 e. The van der Waals surface area contributed by atoms with Gasteiger partial charge < -0.3 is 5.11 Å². The summed E-state index contributed by atoms with van der Waals surface area (Å²) >= 11 is 0. The molecule has 1 N–H and O–H groups in total. The quantitative estimate of drug-likeness (QED) is 0.511. The molecule has 0 heterocycles. The number of rotatable bonds is 0. The molecule has 10 heavy (non-hydrogen) atoms. The number of alkyl halides is 2. The van der Waals surface area contributed by atoms with Crippen molar-refractivity contribution in [1.29, 1.82) is 0 Å². The van der Waals surface area contributed by atoms with E-state index in [1.807, 2.05) is 5.92 Å². The van der Waals surface area contributed by atoms with Crippen LogP contribution in [0.25, 0.3) is 0 Å². The van der Waals surface area contributed by atoms with Crippen LogP contribution in [-0.4, -0.2) is 17.0 Å². The van der Waals surface area contributed by atoms with Gasteiger partial charge in [-0.15, -0.1) is 0 Å². The van der Waals surface area contributed by atoms with Gasteiger partial charge in [-0.2, -0.15) is 0 Å². The van der Waals surface area contributed by atoms with E-state index in [9.17, 15) is 13.6 Å². The number of halogens is 2. The zero-order valence-electron chi connectivity index (χ0n) is 4.90. The summed E-state index contributed by atoms with van der Waals surface area (Å²) in [5, 5.41) is 7.94. The van der Waals surface area contributed by atoms with Crippen LogP contribution in [0.2, 0.25) is 0 Å². The number of carboxylic acid groups (broad SMARTS) is 1. The second kappa shape index (κ2) is 1.94. The third-order valence-electron chi connectivity index (χ3n) is 1.18. The first-order valence-electron chi connectivity index (χ1n) is 2.64. The first-order chi connectivity index (χ1) is 4.52. The molecule has 0 radical (unpaired) electrons. The molecular formula is C6H4F2O2. The van der Waals surface area contributed by atoms with Crippen LogP contribution in [0.3, 0.4) is 0 Å². The molecule has 2 nitrogen and oxygen atoms in total. The highest BCUT2D eigenvalue weighted by Crippen LogP contribution is 2.47. The maximum atomic E-state index is 12.0. The third kappa shape index (κ3) is 1.44. The Morgan fingerprint density at radius 1 is 1.70 bits per heavy atom. The van der Waals surface area contributed by atoms with Crippen LogP contribution >= 0.6 is 0 Å². The van der Waals surface area contributed by atoms with Crippen molar-refractivity contribution in [3.63, 3.8) is 0 Å². The van der Waals surface area contributed by atoms with Gasteiger partial charge in [0.05, 0.1) is 5.92 Å². The van der Waals surface area contributed by atoms with Gasteiger partial charge in [-0.25, -0.2) is 13.6 Å². The molecule has 0 spiro atoms. The Bertz CT molecular complexity index is 224. The summed E-state index contributed by atoms with van der Waals surface area (Å²) in [6.07, 6.45) is -0.298. The zero-order valence-corrected chi connectivity index (χ0v) is 4.90. The summed E-state index contributed by atoms with van der Waals surface area (Å²) in [5.74, 6) is -1.52. The maximum Gasteiger partial charge on any atom is 0.381 e. The first kappa shape index (κ1) is 7.00. The van der Waals surface area contributed by atoms with Gasteiger partial charge in [0.1, 0.15) is 0 Å². The minimum atomic E-state index is -2.73. The Morgan fingerprint density at radius 2 is 2.20 bits per heavy atom. The SMILES string of the molecule is O=C(O)C#CC1CC1(F)F. The molecule has 0 bridgehead atoms. The van der Waals surface area contributed by atoms with Crippen LogP contribution in [0.15, 0.2) is 0 Å². The van der Waals surface area contributed by atoms with Crippen molar-refractivity contribution in [3.8, 4) is 11.8 Å². The van der Waals surface area contributed by atoms with Crippen molar-refractivity contribution in [3.05, 3.63) is 0 Å². The van der Waals surface area contributed by atoms with Gasteiger partial charge in [0.25, 0.3) is 5.92 Å². The van der Waals surface area contributed by atoms with E-state index in [2.05, 4.69) is 0 Å². The first-order valence-corrected chi connectivity index (χ1v) is 2.64. The van der Waals surface area contributed by atoms with Gasteiger partial charge in [0.2, 0.25) is 0 Å². The Morgan fingerprint density at radius 3 is 2.50 bits per heavy atom. The smallest absolute Gasteiger partial charge is 0.381 e. The van der Waals surface area contributed by atoms with Crippen molar-refractivity contribution in [1.82, 2.24) is 0 Å². The predicted molar refractivity (Wildman–Crippen MR) is 28.5 cm³/mol. The fourth-order valence-corrected chi connectivity index (χ4v) is 0.519. The molecule has 1 fully saturated rings. The summed E-state index contributed by atoms with van der Waals surface area (Å²) in [4.78, 5) is 9.72. The van der Waals surface area contributed by atoms with E-state index < -0.39 is 17.8 Å². The highest BCUT2D eigenvalue weighted by molar-refractivity contribution is 5.86. The average Bonchev–Trinajstić information content (AvgIpc) is 2.35. The molecule has 0 amide bonds. The number of carbonyl (C=O) groups is 1. The van der Waals surface area contributed by atoms with Crippen LogP contribution in [0, 0.1) is 17.8 Å². The van der Waals surface area contributed by atoms with Crippen molar-refractivity contribution in [2.75, 3.05) is 0 Å². The second-order valence-corrected chi connectivity index (χ2v) is 2.09. The molecule has 0 aliphatic heterocycles.